The van der Waals surface area contributed by atoms with Crippen molar-refractivity contribution in [2.24, 2.45) is 40.4 Å². The summed E-state index contributed by atoms with van der Waals surface area (Å²) in [6, 6.07) is 0. The third-order valence-electron chi connectivity index (χ3n) is 9.95. The highest BCUT2D eigenvalue weighted by Gasteiger charge is 2.73. The standard InChI is InChI=1S/C24H31ClO5/c1-11(26)24(30-12(2)27)8-6-14-19-15(5-7-22(14,24)3)23(4)16-9-13(16)18(28)10-17(23)20(25)21(19)29/h10,13-16,19-21,29H,5-9H2,1-4H3/t13-,14+,15+,16+,19+,20+,21+,22+,23+,24+/m0/s1. The van der Waals surface area contributed by atoms with E-state index in [1.54, 1.807) is 6.08 Å². The number of rotatable bonds is 2. The van der Waals surface area contributed by atoms with Crippen molar-refractivity contribution in [1.29, 1.82) is 0 Å². The number of aliphatic hydroxyl groups excluding tert-OH is 1. The van der Waals surface area contributed by atoms with E-state index in [2.05, 4.69) is 13.8 Å². The molecule has 0 unspecified atom stereocenters. The van der Waals surface area contributed by atoms with Gasteiger partial charge in [0.1, 0.15) is 0 Å². The summed E-state index contributed by atoms with van der Waals surface area (Å²) < 4.78 is 5.79. The van der Waals surface area contributed by atoms with Crippen LogP contribution in [0, 0.1) is 40.4 Å². The van der Waals surface area contributed by atoms with Gasteiger partial charge in [-0.1, -0.05) is 13.8 Å². The monoisotopic (exact) mass is 434 g/mol. The molecule has 0 amide bonds. The molecule has 1 N–H and O–H groups in total. The molecular weight excluding hydrogens is 404 g/mol. The van der Waals surface area contributed by atoms with Gasteiger partial charge in [0.25, 0.3) is 0 Å². The quantitative estimate of drug-likeness (QED) is 0.531. The molecular formula is C24H31ClO5. The zero-order valence-electron chi connectivity index (χ0n) is 18.1. The maximum atomic E-state index is 12.8. The molecule has 0 spiro atoms. The number of aliphatic hydroxyl groups is 1. The second-order valence-electron chi connectivity index (χ2n) is 10.9. The molecule has 4 saturated carbocycles. The average Bonchev–Trinajstić information content (AvgIpc) is 3.43. The maximum Gasteiger partial charge on any atom is 0.303 e. The van der Waals surface area contributed by atoms with Crippen molar-refractivity contribution < 1.29 is 24.2 Å². The molecule has 5 nitrogen and oxygen atoms in total. The number of hydrogen-bond donors (Lipinski definition) is 1. The highest BCUT2D eigenvalue weighted by molar-refractivity contribution is 6.23. The second kappa shape index (κ2) is 6.19. The summed E-state index contributed by atoms with van der Waals surface area (Å²) in [4.78, 5) is 37.2. The molecule has 5 rings (SSSR count). The van der Waals surface area contributed by atoms with Gasteiger partial charge in [-0.05, 0) is 79.8 Å². The highest BCUT2D eigenvalue weighted by Crippen LogP contribution is 2.73. The molecule has 4 fully saturated rings. The molecule has 5 aliphatic carbocycles. The molecule has 0 heterocycles. The Balaban J connectivity index is 1.59. The highest BCUT2D eigenvalue weighted by atomic mass is 35.5. The number of alkyl halides is 1. The third kappa shape index (κ3) is 2.26. The van der Waals surface area contributed by atoms with Gasteiger partial charge in [-0.3, -0.25) is 14.4 Å². The number of esters is 1. The zero-order chi connectivity index (χ0) is 21.8. The van der Waals surface area contributed by atoms with E-state index in [-0.39, 0.29) is 40.7 Å². The molecule has 10 atom stereocenters. The van der Waals surface area contributed by atoms with Gasteiger partial charge in [-0.2, -0.15) is 0 Å². The maximum absolute atomic E-state index is 12.8. The molecule has 0 bridgehead atoms. The minimum atomic E-state index is -1.13. The van der Waals surface area contributed by atoms with Crippen LogP contribution in [0.2, 0.25) is 0 Å². The van der Waals surface area contributed by atoms with Gasteiger partial charge in [-0.15, -0.1) is 11.6 Å². The Bertz CT molecular complexity index is 881. The van der Waals surface area contributed by atoms with Crippen molar-refractivity contribution in [3.63, 3.8) is 0 Å². The first-order valence-electron chi connectivity index (χ1n) is 11.3. The number of hydrogen-bond acceptors (Lipinski definition) is 5. The Labute approximate surface area is 182 Å². The van der Waals surface area contributed by atoms with Crippen LogP contribution >= 0.6 is 11.6 Å². The van der Waals surface area contributed by atoms with Crippen LogP contribution in [0.5, 0.6) is 0 Å². The molecule has 0 aromatic heterocycles. The molecule has 0 aromatic rings. The van der Waals surface area contributed by atoms with Gasteiger partial charge in [-0.25, -0.2) is 0 Å². The minimum Gasteiger partial charge on any atom is -0.451 e. The third-order valence-corrected chi connectivity index (χ3v) is 10.4. The fourth-order valence-electron chi connectivity index (χ4n) is 8.48. The van der Waals surface area contributed by atoms with Crippen molar-refractivity contribution in [3.8, 4) is 0 Å². The lowest BCUT2D eigenvalue weighted by atomic mass is 9.45. The molecule has 0 saturated heterocycles. The Morgan fingerprint density at radius 2 is 1.80 bits per heavy atom. The normalized spacial score (nSPS) is 53.6. The van der Waals surface area contributed by atoms with Gasteiger partial charge in [0.2, 0.25) is 0 Å². The molecule has 6 heteroatoms. The van der Waals surface area contributed by atoms with Crippen molar-refractivity contribution >= 4 is 29.1 Å². The number of halogens is 1. The van der Waals surface area contributed by atoms with E-state index in [9.17, 15) is 19.5 Å². The summed E-state index contributed by atoms with van der Waals surface area (Å²) in [5.74, 6) is 0.230. The Hall–Kier alpha value is -1.20. The number of ketones is 2. The van der Waals surface area contributed by atoms with Crippen LogP contribution in [-0.4, -0.2) is 39.7 Å². The van der Waals surface area contributed by atoms with Gasteiger partial charge >= 0.3 is 5.97 Å². The molecule has 5 aliphatic rings. The van der Waals surface area contributed by atoms with Gasteiger partial charge in [0.05, 0.1) is 11.5 Å². The van der Waals surface area contributed by atoms with E-state index in [1.807, 2.05) is 0 Å². The van der Waals surface area contributed by atoms with Gasteiger partial charge < -0.3 is 9.84 Å². The lowest BCUT2D eigenvalue weighted by Gasteiger charge is -2.61. The molecule has 0 radical (unpaired) electrons. The van der Waals surface area contributed by atoms with Crippen LogP contribution in [0.25, 0.3) is 0 Å². The van der Waals surface area contributed by atoms with Crippen molar-refractivity contribution in [1.82, 2.24) is 0 Å². The number of ether oxygens (including phenoxy) is 1. The fourth-order valence-corrected chi connectivity index (χ4v) is 8.95. The number of carbonyl (C=O) groups excluding carboxylic acids is 3. The molecule has 30 heavy (non-hydrogen) atoms. The van der Waals surface area contributed by atoms with E-state index in [1.165, 1.54) is 13.8 Å². The summed E-state index contributed by atoms with van der Waals surface area (Å²) in [5.41, 5.74) is -0.911. The van der Waals surface area contributed by atoms with Crippen molar-refractivity contribution in [2.75, 3.05) is 0 Å². The Morgan fingerprint density at radius 1 is 1.13 bits per heavy atom. The average molecular weight is 435 g/mol. The van der Waals surface area contributed by atoms with E-state index in [0.717, 1.165) is 31.3 Å². The predicted molar refractivity (Wildman–Crippen MR) is 111 cm³/mol. The molecule has 164 valence electrons. The van der Waals surface area contributed by atoms with Crippen LogP contribution in [0.1, 0.15) is 59.8 Å². The second-order valence-corrected chi connectivity index (χ2v) is 11.4. The first kappa shape index (κ1) is 20.7. The zero-order valence-corrected chi connectivity index (χ0v) is 18.9. The number of fused-ring (bicyclic) bond motifs is 7. The van der Waals surface area contributed by atoms with Crippen molar-refractivity contribution in [2.45, 2.75) is 76.9 Å². The largest absolute Gasteiger partial charge is 0.451 e. The molecule has 0 aliphatic heterocycles. The Morgan fingerprint density at radius 3 is 2.43 bits per heavy atom. The van der Waals surface area contributed by atoms with Crippen LogP contribution in [-0.2, 0) is 19.1 Å². The SMILES string of the molecule is CC(=O)O[C@@]1(C(C)=O)CC[C@@H]2[C@H]3[C@@H](O)[C@H](Cl)C4=CC(=O)[C@H]5C[C@H]5[C@@]4(C)[C@@H]3CC[C@]21C. The van der Waals surface area contributed by atoms with Crippen LogP contribution in [0.15, 0.2) is 11.6 Å². The van der Waals surface area contributed by atoms with E-state index < -0.39 is 28.5 Å². The fraction of sp³-hybridized carbons (Fsp3) is 0.792. The van der Waals surface area contributed by atoms with E-state index in [4.69, 9.17) is 16.3 Å². The van der Waals surface area contributed by atoms with Crippen LogP contribution in [0.3, 0.4) is 0 Å². The summed E-state index contributed by atoms with van der Waals surface area (Å²) in [6.45, 7) is 7.20. The predicted octanol–water partition coefficient (Wildman–Crippen LogP) is 3.45. The summed E-state index contributed by atoms with van der Waals surface area (Å²) in [5, 5.41) is 10.8. The first-order chi connectivity index (χ1) is 14.0. The summed E-state index contributed by atoms with van der Waals surface area (Å²) in [6.07, 6.45) is 4.68. The number of carbonyl (C=O) groups is 3. The lowest BCUT2D eigenvalue weighted by Crippen LogP contribution is -2.63. The topological polar surface area (TPSA) is 80.7 Å². The van der Waals surface area contributed by atoms with E-state index >= 15 is 0 Å². The number of Topliss-reactive ketones (excluding diaryl/α,β-unsaturated/α-hetero) is 1. The first-order valence-corrected chi connectivity index (χ1v) is 11.7. The van der Waals surface area contributed by atoms with Crippen LogP contribution in [0.4, 0.5) is 0 Å². The van der Waals surface area contributed by atoms with Gasteiger partial charge in [0.15, 0.2) is 17.2 Å². The summed E-state index contributed by atoms with van der Waals surface area (Å²) in [7, 11) is 0. The van der Waals surface area contributed by atoms with Gasteiger partial charge in [0, 0.05) is 18.3 Å². The summed E-state index contributed by atoms with van der Waals surface area (Å²) >= 11 is 6.83. The van der Waals surface area contributed by atoms with Crippen molar-refractivity contribution in [3.05, 3.63) is 11.6 Å². The minimum absolute atomic E-state index is 0.0453. The smallest absolute Gasteiger partial charge is 0.303 e. The Kier molecular flexibility index (Phi) is 4.27. The lowest BCUT2D eigenvalue weighted by molar-refractivity contribution is -0.192. The van der Waals surface area contributed by atoms with E-state index in [0.29, 0.717) is 12.3 Å². The molecule has 0 aromatic carbocycles. The van der Waals surface area contributed by atoms with Crippen LogP contribution < -0.4 is 0 Å².